The van der Waals surface area contributed by atoms with Crippen molar-refractivity contribution < 1.29 is 19.7 Å². The number of Topliss-reactive ketones (excluding diaryl/α,β-unsaturated/α-hetero) is 1. The molecule has 0 amide bonds. The van der Waals surface area contributed by atoms with Crippen molar-refractivity contribution in [1.82, 2.24) is 0 Å². The Labute approximate surface area is 165 Å². The Bertz CT molecular complexity index is 1180. The molecule has 6 heteroatoms. The summed E-state index contributed by atoms with van der Waals surface area (Å²) in [4.78, 5) is 17.0. The summed E-state index contributed by atoms with van der Waals surface area (Å²) < 4.78 is 5.96. The third-order valence-corrected chi connectivity index (χ3v) is 5.52. The molecular weight excluding hydrogens is 374 g/mol. The number of benzene rings is 3. The van der Waals surface area contributed by atoms with E-state index in [9.17, 15) is 15.0 Å². The molecule has 1 aliphatic heterocycles. The van der Waals surface area contributed by atoms with Crippen LogP contribution < -0.4 is 4.74 Å². The predicted molar refractivity (Wildman–Crippen MR) is 106 cm³/mol. The maximum Gasteiger partial charge on any atom is 0.164 e. The maximum atomic E-state index is 13.0. The molecule has 1 heterocycles. The lowest BCUT2D eigenvalue weighted by atomic mass is 9.68. The number of ketones is 1. The Hall–Kier alpha value is -3.47. The van der Waals surface area contributed by atoms with Crippen LogP contribution in [0.1, 0.15) is 33.5 Å². The highest BCUT2D eigenvalue weighted by Crippen LogP contribution is 2.58. The number of ether oxygens (including phenoxy) is 1. The largest absolute Gasteiger partial charge is 0.508 e. The second kappa shape index (κ2) is 5.76. The van der Waals surface area contributed by atoms with Gasteiger partial charge in [0.2, 0.25) is 0 Å². The topological polar surface area (TPSA) is 79.1 Å². The van der Waals surface area contributed by atoms with E-state index < -0.39 is 5.41 Å². The van der Waals surface area contributed by atoms with Gasteiger partial charge < -0.3 is 14.9 Å². The fourth-order valence-corrected chi connectivity index (χ4v) is 4.43. The minimum Gasteiger partial charge on any atom is -0.508 e. The molecule has 3 aromatic carbocycles. The van der Waals surface area contributed by atoms with Crippen LogP contribution >= 0.6 is 12.2 Å². The van der Waals surface area contributed by atoms with Crippen LogP contribution in [0.5, 0.6) is 23.0 Å². The van der Waals surface area contributed by atoms with Gasteiger partial charge in [0.15, 0.2) is 5.78 Å². The van der Waals surface area contributed by atoms with Crippen LogP contribution in [-0.2, 0) is 5.41 Å². The normalized spacial score (nSPS) is 15.2. The van der Waals surface area contributed by atoms with Crippen LogP contribution in [0, 0.1) is 0 Å². The lowest BCUT2D eigenvalue weighted by molar-refractivity contribution is 0.0983. The number of isothiocyanates is 1. The van der Waals surface area contributed by atoms with Gasteiger partial charge in [-0.1, -0.05) is 18.2 Å². The monoisotopic (exact) mass is 387 g/mol. The second-order valence-corrected chi connectivity index (χ2v) is 7.08. The molecule has 5 rings (SSSR count). The number of carbonyl (C=O) groups is 1. The zero-order valence-corrected chi connectivity index (χ0v) is 15.3. The van der Waals surface area contributed by atoms with Crippen molar-refractivity contribution in [3.8, 4) is 23.0 Å². The Morgan fingerprint density at radius 3 is 2.14 bits per heavy atom. The van der Waals surface area contributed by atoms with Gasteiger partial charge in [0.05, 0.1) is 16.3 Å². The van der Waals surface area contributed by atoms with Crippen molar-refractivity contribution in [2.75, 3.05) is 0 Å². The van der Waals surface area contributed by atoms with Crippen molar-refractivity contribution in [1.29, 1.82) is 0 Å². The standard InChI is InChI=1S/C22H13NO4S/c24-13-2-5-17-20(8-13)27-21-9-14(25)3-6-18(21)22(17)10-19(26)15-7-12(23-11-28)1-4-16(15)22/h1-9,24-25H,10H2. The summed E-state index contributed by atoms with van der Waals surface area (Å²) in [6, 6.07) is 15.2. The number of nitrogens with zero attached hydrogens (tertiary/aromatic N) is 1. The van der Waals surface area contributed by atoms with Gasteiger partial charge in [0.1, 0.15) is 23.0 Å². The molecule has 28 heavy (non-hydrogen) atoms. The summed E-state index contributed by atoms with van der Waals surface area (Å²) >= 11 is 4.67. The molecule has 0 aromatic heterocycles. The van der Waals surface area contributed by atoms with E-state index in [2.05, 4.69) is 22.4 Å². The van der Waals surface area contributed by atoms with Crippen LogP contribution in [0.25, 0.3) is 0 Å². The smallest absolute Gasteiger partial charge is 0.164 e. The second-order valence-electron chi connectivity index (χ2n) is 6.90. The number of aromatic hydroxyl groups is 2. The first-order valence-corrected chi connectivity index (χ1v) is 9.04. The van der Waals surface area contributed by atoms with Crippen LogP contribution in [0.2, 0.25) is 0 Å². The van der Waals surface area contributed by atoms with E-state index in [0.717, 1.165) is 16.7 Å². The highest BCUT2D eigenvalue weighted by atomic mass is 32.1. The summed E-state index contributed by atoms with van der Waals surface area (Å²) in [6.07, 6.45) is 0.214. The van der Waals surface area contributed by atoms with E-state index >= 15 is 0 Å². The minimum atomic E-state index is -0.767. The first-order valence-electron chi connectivity index (χ1n) is 8.63. The first-order chi connectivity index (χ1) is 13.5. The van der Waals surface area contributed by atoms with Gasteiger partial charge in [0, 0.05) is 35.2 Å². The van der Waals surface area contributed by atoms with Crippen molar-refractivity contribution in [3.63, 3.8) is 0 Å². The fourth-order valence-electron chi connectivity index (χ4n) is 4.33. The van der Waals surface area contributed by atoms with Crippen molar-refractivity contribution in [3.05, 3.63) is 76.9 Å². The third kappa shape index (κ3) is 2.16. The number of carbonyl (C=O) groups excluding carboxylic acids is 1. The highest BCUT2D eigenvalue weighted by Gasteiger charge is 2.51. The first kappa shape index (κ1) is 16.7. The van der Waals surface area contributed by atoms with Gasteiger partial charge >= 0.3 is 0 Å². The molecule has 1 spiro atoms. The van der Waals surface area contributed by atoms with Crippen LogP contribution in [-0.4, -0.2) is 21.2 Å². The molecule has 0 saturated heterocycles. The predicted octanol–water partition coefficient (Wildman–Crippen LogP) is 4.86. The SMILES string of the molecule is O=C1CC2(c3ccc(O)cc3Oc3cc(O)ccc32)c2ccc(N=C=S)cc21. The Morgan fingerprint density at radius 1 is 0.929 bits per heavy atom. The summed E-state index contributed by atoms with van der Waals surface area (Å²) in [5, 5.41) is 22.2. The molecule has 0 fully saturated rings. The van der Waals surface area contributed by atoms with Crippen molar-refractivity contribution in [2.45, 2.75) is 11.8 Å². The number of phenols is 2. The molecule has 5 nitrogen and oxygen atoms in total. The lowest BCUT2D eigenvalue weighted by Gasteiger charge is -2.37. The number of hydrogen-bond acceptors (Lipinski definition) is 6. The average molecular weight is 387 g/mol. The van der Waals surface area contributed by atoms with E-state index in [4.69, 9.17) is 4.74 Å². The number of phenolic OH excluding ortho intramolecular Hbond substituents is 2. The highest BCUT2D eigenvalue weighted by molar-refractivity contribution is 7.78. The summed E-state index contributed by atoms with van der Waals surface area (Å²) in [5.41, 5.74) is 2.80. The van der Waals surface area contributed by atoms with Gasteiger partial charge in [-0.15, -0.1) is 0 Å². The zero-order valence-electron chi connectivity index (χ0n) is 14.5. The van der Waals surface area contributed by atoms with Gasteiger partial charge in [-0.2, -0.15) is 4.99 Å². The van der Waals surface area contributed by atoms with Crippen molar-refractivity contribution in [2.24, 2.45) is 4.99 Å². The number of fused-ring (bicyclic) bond motifs is 6. The molecule has 3 aromatic rings. The molecule has 0 atom stereocenters. The van der Waals surface area contributed by atoms with E-state index in [0.29, 0.717) is 22.7 Å². The number of hydrogen-bond donors (Lipinski definition) is 2. The lowest BCUT2D eigenvalue weighted by Crippen LogP contribution is -2.30. The van der Waals surface area contributed by atoms with E-state index in [1.165, 1.54) is 12.1 Å². The summed E-state index contributed by atoms with van der Waals surface area (Å²) in [5.74, 6) is 1.02. The van der Waals surface area contributed by atoms with Gasteiger partial charge in [-0.25, -0.2) is 0 Å². The fraction of sp³-hybridized carbons (Fsp3) is 0.0909. The van der Waals surface area contributed by atoms with Crippen LogP contribution in [0.4, 0.5) is 5.69 Å². The number of aliphatic imine (C=N–C) groups is 1. The van der Waals surface area contributed by atoms with Crippen LogP contribution in [0.3, 0.4) is 0 Å². The van der Waals surface area contributed by atoms with Crippen LogP contribution in [0.15, 0.2) is 59.6 Å². The molecule has 0 radical (unpaired) electrons. The summed E-state index contributed by atoms with van der Waals surface area (Å²) in [7, 11) is 0. The molecule has 2 N–H and O–H groups in total. The molecule has 1 aliphatic carbocycles. The Kier molecular flexibility index (Phi) is 3.43. The van der Waals surface area contributed by atoms with E-state index in [1.807, 2.05) is 6.07 Å². The third-order valence-electron chi connectivity index (χ3n) is 5.43. The molecule has 0 saturated carbocycles. The Balaban J connectivity index is 1.86. The molecule has 0 unspecified atom stereocenters. The molecular formula is C22H13NO4S. The van der Waals surface area contributed by atoms with Gasteiger partial charge in [0.25, 0.3) is 0 Å². The number of thiocarbonyl (C=S) groups is 1. The number of rotatable bonds is 1. The molecule has 2 aliphatic rings. The molecule has 0 bridgehead atoms. The Morgan fingerprint density at radius 2 is 1.54 bits per heavy atom. The minimum absolute atomic E-state index is 0.0173. The van der Waals surface area contributed by atoms with Crippen molar-refractivity contribution >= 4 is 28.8 Å². The summed E-state index contributed by atoms with van der Waals surface area (Å²) in [6.45, 7) is 0. The van der Waals surface area contributed by atoms with Gasteiger partial charge in [-0.05, 0) is 42.0 Å². The zero-order chi connectivity index (χ0) is 19.5. The average Bonchev–Trinajstić information content (AvgIpc) is 2.94. The van der Waals surface area contributed by atoms with Gasteiger partial charge in [-0.3, -0.25) is 4.79 Å². The maximum absolute atomic E-state index is 13.0. The quantitative estimate of drug-likeness (QED) is 0.461. The molecule has 136 valence electrons. The van der Waals surface area contributed by atoms with E-state index in [1.54, 1.807) is 36.4 Å². The van der Waals surface area contributed by atoms with E-state index in [-0.39, 0.29) is 23.7 Å².